The van der Waals surface area contributed by atoms with E-state index in [9.17, 15) is 14.9 Å². The van der Waals surface area contributed by atoms with Gasteiger partial charge in [0.15, 0.2) is 0 Å². The van der Waals surface area contributed by atoms with E-state index in [4.69, 9.17) is 0 Å². The van der Waals surface area contributed by atoms with Crippen molar-refractivity contribution in [2.24, 2.45) is 0 Å². The molecule has 6 heteroatoms. The number of anilines is 1. The molecule has 0 spiro atoms. The lowest BCUT2D eigenvalue weighted by Gasteiger charge is -2.21. The van der Waals surface area contributed by atoms with Gasteiger partial charge in [-0.3, -0.25) is 10.1 Å². The molecule has 0 aromatic heterocycles. The van der Waals surface area contributed by atoms with Crippen molar-refractivity contribution in [3.63, 3.8) is 0 Å². The summed E-state index contributed by atoms with van der Waals surface area (Å²) in [6, 6.07) is 5.72. The fourth-order valence-corrected chi connectivity index (χ4v) is 1.75. The first-order valence-corrected chi connectivity index (χ1v) is 6.38. The van der Waals surface area contributed by atoms with Gasteiger partial charge >= 0.3 is 6.03 Å². The maximum Gasteiger partial charge on any atom is 0.321 e. The summed E-state index contributed by atoms with van der Waals surface area (Å²) < 4.78 is 0. The fraction of sp³-hybridized carbons (Fsp3) is 0.462. The van der Waals surface area contributed by atoms with Crippen LogP contribution in [0.15, 0.2) is 24.3 Å². The van der Waals surface area contributed by atoms with E-state index in [0.717, 1.165) is 12.8 Å². The summed E-state index contributed by atoms with van der Waals surface area (Å²) in [6.45, 7) is 5.36. The van der Waals surface area contributed by atoms with Crippen LogP contribution in [0, 0.1) is 10.1 Å². The van der Waals surface area contributed by atoms with Gasteiger partial charge in [0.25, 0.3) is 5.69 Å². The largest absolute Gasteiger partial charge is 0.325 e. The van der Waals surface area contributed by atoms with Crippen molar-refractivity contribution in [1.82, 2.24) is 4.90 Å². The van der Waals surface area contributed by atoms with Gasteiger partial charge < -0.3 is 10.2 Å². The van der Waals surface area contributed by atoms with Crippen molar-refractivity contribution in [1.29, 1.82) is 0 Å². The first kappa shape index (κ1) is 14.9. The smallest absolute Gasteiger partial charge is 0.321 e. The molecule has 0 aliphatic rings. The minimum atomic E-state index is -0.481. The number of hydrogen-bond donors (Lipinski definition) is 1. The van der Waals surface area contributed by atoms with E-state index in [1.54, 1.807) is 17.0 Å². The Balaban J connectivity index is 2.74. The van der Waals surface area contributed by atoms with Crippen LogP contribution in [-0.2, 0) is 0 Å². The van der Waals surface area contributed by atoms with Gasteiger partial charge in [0.2, 0.25) is 0 Å². The summed E-state index contributed by atoms with van der Waals surface area (Å²) in [5, 5.41) is 13.3. The number of amides is 2. The number of non-ortho nitro benzene ring substituents is 1. The SMILES string of the molecule is CCCN(CCC)C(=O)Nc1cccc([N+](=O)[O-])c1. The standard InChI is InChI=1S/C13H19N3O3/c1-3-8-15(9-4-2)13(17)14-11-6-5-7-12(10-11)16(18)19/h5-7,10H,3-4,8-9H2,1-2H3,(H,14,17). The summed E-state index contributed by atoms with van der Waals surface area (Å²) in [5.41, 5.74) is 0.409. The van der Waals surface area contributed by atoms with Crippen LogP contribution < -0.4 is 5.32 Å². The van der Waals surface area contributed by atoms with E-state index in [0.29, 0.717) is 18.8 Å². The van der Waals surface area contributed by atoms with E-state index >= 15 is 0 Å². The molecular weight excluding hydrogens is 246 g/mol. The van der Waals surface area contributed by atoms with Crippen molar-refractivity contribution in [2.75, 3.05) is 18.4 Å². The monoisotopic (exact) mass is 265 g/mol. The van der Waals surface area contributed by atoms with Gasteiger partial charge in [-0.25, -0.2) is 4.79 Å². The number of nitrogens with zero attached hydrogens (tertiary/aromatic N) is 2. The molecule has 104 valence electrons. The number of carbonyl (C=O) groups excluding carboxylic acids is 1. The number of benzene rings is 1. The molecule has 1 aromatic carbocycles. The number of rotatable bonds is 6. The van der Waals surface area contributed by atoms with Gasteiger partial charge in [0.05, 0.1) is 4.92 Å². The molecule has 1 aromatic rings. The maximum absolute atomic E-state index is 12.0. The van der Waals surface area contributed by atoms with Crippen LogP contribution >= 0.6 is 0 Å². The lowest BCUT2D eigenvalue weighted by Crippen LogP contribution is -2.36. The number of urea groups is 1. The van der Waals surface area contributed by atoms with Crippen molar-refractivity contribution in [3.05, 3.63) is 34.4 Å². The van der Waals surface area contributed by atoms with E-state index in [1.807, 2.05) is 13.8 Å². The highest BCUT2D eigenvalue weighted by atomic mass is 16.6. The molecule has 0 heterocycles. The van der Waals surface area contributed by atoms with E-state index in [2.05, 4.69) is 5.32 Å². The van der Waals surface area contributed by atoms with Gasteiger partial charge in [-0.15, -0.1) is 0 Å². The third-order valence-electron chi connectivity index (χ3n) is 2.58. The molecule has 0 radical (unpaired) electrons. The number of hydrogen-bond acceptors (Lipinski definition) is 3. The molecular formula is C13H19N3O3. The molecule has 0 aliphatic heterocycles. The summed E-state index contributed by atoms with van der Waals surface area (Å²) in [4.78, 5) is 23.9. The Hall–Kier alpha value is -2.11. The highest BCUT2D eigenvalue weighted by Crippen LogP contribution is 2.17. The normalized spacial score (nSPS) is 10.0. The Kier molecular flexibility index (Phi) is 5.78. The Morgan fingerprint density at radius 3 is 2.47 bits per heavy atom. The first-order chi connectivity index (χ1) is 9.08. The van der Waals surface area contributed by atoms with Crippen LogP contribution in [0.5, 0.6) is 0 Å². The van der Waals surface area contributed by atoms with Crippen LogP contribution in [-0.4, -0.2) is 28.9 Å². The number of nitrogens with one attached hydrogen (secondary N) is 1. The lowest BCUT2D eigenvalue weighted by atomic mass is 10.3. The third-order valence-corrected chi connectivity index (χ3v) is 2.58. The van der Waals surface area contributed by atoms with Gasteiger partial charge in [0, 0.05) is 30.9 Å². The lowest BCUT2D eigenvalue weighted by molar-refractivity contribution is -0.384. The number of nitro benzene ring substituents is 1. The van der Waals surface area contributed by atoms with Crippen LogP contribution in [0.2, 0.25) is 0 Å². The average molecular weight is 265 g/mol. The topological polar surface area (TPSA) is 75.5 Å². The third kappa shape index (κ3) is 4.57. The summed E-state index contributed by atoms with van der Waals surface area (Å²) >= 11 is 0. The zero-order valence-corrected chi connectivity index (χ0v) is 11.3. The van der Waals surface area contributed by atoms with Crippen molar-refractivity contribution < 1.29 is 9.72 Å². The highest BCUT2D eigenvalue weighted by molar-refractivity contribution is 5.89. The van der Waals surface area contributed by atoms with Crippen molar-refractivity contribution >= 4 is 17.4 Å². The second kappa shape index (κ2) is 7.35. The molecule has 0 unspecified atom stereocenters. The quantitative estimate of drug-likeness (QED) is 0.633. The molecule has 1 N–H and O–H groups in total. The first-order valence-electron chi connectivity index (χ1n) is 6.38. The summed E-state index contributed by atoms with van der Waals surface area (Å²) in [6.07, 6.45) is 1.75. The van der Waals surface area contributed by atoms with Gasteiger partial charge in [-0.2, -0.15) is 0 Å². The second-order valence-corrected chi connectivity index (χ2v) is 4.22. The zero-order valence-electron chi connectivity index (χ0n) is 11.3. The predicted molar refractivity (Wildman–Crippen MR) is 74.3 cm³/mol. The zero-order chi connectivity index (χ0) is 14.3. The molecule has 0 bridgehead atoms. The van der Waals surface area contributed by atoms with Crippen LogP contribution in [0.4, 0.5) is 16.2 Å². The Labute approximate surface area is 112 Å². The van der Waals surface area contributed by atoms with E-state index in [1.165, 1.54) is 12.1 Å². The van der Waals surface area contributed by atoms with Crippen molar-refractivity contribution in [2.45, 2.75) is 26.7 Å². The van der Waals surface area contributed by atoms with Crippen molar-refractivity contribution in [3.8, 4) is 0 Å². The molecule has 0 saturated heterocycles. The Morgan fingerprint density at radius 1 is 1.32 bits per heavy atom. The fourth-order valence-electron chi connectivity index (χ4n) is 1.75. The van der Waals surface area contributed by atoms with Gasteiger partial charge in [0.1, 0.15) is 0 Å². The van der Waals surface area contributed by atoms with E-state index < -0.39 is 4.92 Å². The minimum Gasteiger partial charge on any atom is -0.325 e. The molecule has 0 aliphatic carbocycles. The molecule has 0 fully saturated rings. The molecule has 6 nitrogen and oxygen atoms in total. The maximum atomic E-state index is 12.0. The Morgan fingerprint density at radius 2 is 1.95 bits per heavy atom. The van der Waals surface area contributed by atoms with Crippen LogP contribution in [0.1, 0.15) is 26.7 Å². The molecule has 0 atom stereocenters. The van der Waals surface area contributed by atoms with Gasteiger partial charge in [-0.1, -0.05) is 19.9 Å². The summed E-state index contributed by atoms with van der Waals surface area (Å²) in [7, 11) is 0. The molecule has 2 amide bonds. The second-order valence-electron chi connectivity index (χ2n) is 4.22. The average Bonchev–Trinajstić information content (AvgIpc) is 2.38. The predicted octanol–water partition coefficient (Wildman–Crippen LogP) is 3.25. The number of carbonyl (C=O) groups is 1. The summed E-state index contributed by atoms with van der Waals surface area (Å²) in [5.74, 6) is 0. The Bertz CT molecular complexity index is 443. The van der Waals surface area contributed by atoms with Crippen LogP contribution in [0.25, 0.3) is 0 Å². The minimum absolute atomic E-state index is 0.0321. The molecule has 1 rings (SSSR count). The van der Waals surface area contributed by atoms with Gasteiger partial charge in [-0.05, 0) is 18.9 Å². The molecule has 0 saturated carbocycles. The number of nitro groups is 1. The molecule has 19 heavy (non-hydrogen) atoms. The van der Waals surface area contributed by atoms with E-state index in [-0.39, 0.29) is 11.7 Å². The van der Waals surface area contributed by atoms with Crippen LogP contribution in [0.3, 0.4) is 0 Å². The highest BCUT2D eigenvalue weighted by Gasteiger charge is 2.13.